The maximum Gasteiger partial charge on any atom is 0.0314 e. The predicted molar refractivity (Wildman–Crippen MR) is 45.1 cm³/mol. The highest BCUT2D eigenvalue weighted by Crippen LogP contribution is 2.34. The van der Waals surface area contributed by atoms with Crippen molar-refractivity contribution in [1.29, 1.82) is 0 Å². The van der Waals surface area contributed by atoms with Crippen LogP contribution < -0.4 is 0 Å². The summed E-state index contributed by atoms with van der Waals surface area (Å²) in [7, 11) is 3.72. The molecule has 0 radical (unpaired) electrons. The zero-order valence-corrected chi connectivity index (χ0v) is 7.18. The average molecular weight is 148 g/mol. The van der Waals surface area contributed by atoms with Crippen molar-refractivity contribution < 1.29 is 0 Å². The highest BCUT2D eigenvalue weighted by atomic mass is 33.1. The van der Waals surface area contributed by atoms with Crippen molar-refractivity contribution in [2.45, 2.75) is 26.0 Å². The topological polar surface area (TPSA) is 0 Å². The Morgan fingerprint density at radius 3 is 2.12 bits per heavy atom. The summed E-state index contributed by atoms with van der Waals surface area (Å²) in [6.07, 6.45) is 2.20. The molecule has 0 aromatic carbocycles. The molecule has 1 aliphatic heterocycles. The first-order valence-electron chi connectivity index (χ1n) is 2.88. The molecule has 48 valence electrons. The summed E-state index contributed by atoms with van der Waals surface area (Å²) in [5.41, 5.74) is 0. The van der Waals surface area contributed by atoms with E-state index in [0.29, 0.717) is 0 Å². The zero-order valence-electron chi connectivity index (χ0n) is 5.55. The predicted octanol–water partition coefficient (Wildman–Crippen LogP) is 3.31. The van der Waals surface area contributed by atoms with Gasteiger partial charge in [-0.05, 0) is 12.3 Å². The van der Waals surface area contributed by atoms with E-state index in [1.807, 2.05) is 35.4 Å². The second-order valence-corrected chi connectivity index (χ2v) is 3.78. The van der Waals surface area contributed by atoms with E-state index in [9.17, 15) is 0 Å². The minimum Gasteiger partial charge on any atom is -0.0822 e. The van der Waals surface area contributed by atoms with E-state index in [2.05, 4.69) is 18.4 Å². The van der Waals surface area contributed by atoms with Gasteiger partial charge in [-0.2, -0.15) is 0 Å². The van der Waals surface area contributed by atoms with E-state index < -0.39 is 0 Å². The minimum absolute atomic E-state index is 0.745. The largest absolute Gasteiger partial charge is 0.0822 e. The SMILES string of the molecule is CC.CC1C=CSS1. The number of rotatable bonds is 0. The first-order chi connectivity index (χ1) is 3.89. The average Bonchev–Trinajstić information content (AvgIpc) is 2.24. The molecular formula is C6H12S2. The molecule has 0 saturated carbocycles. The highest BCUT2D eigenvalue weighted by Gasteiger charge is 2.00. The lowest BCUT2D eigenvalue weighted by Crippen LogP contribution is -1.77. The van der Waals surface area contributed by atoms with Crippen LogP contribution in [0.1, 0.15) is 20.8 Å². The third-order valence-electron chi connectivity index (χ3n) is 0.612. The van der Waals surface area contributed by atoms with E-state index >= 15 is 0 Å². The Kier molecular flexibility index (Phi) is 5.88. The van der Waals surface area contributed by atoms with E-state index in [4.69, 9.17) is 0 Å². The van der Waals surface area contributed by atoms with E-state index in [-0.39, 0.29) is 0 Å². The fourth-order valence-corrected chi connectivity index (χ4v) is 2.18. The third kappa shape index (κ3) is 3.44. The Morgan fingerprint density at radius 1 is 1.38 bits per heavy atom. The van der Waals surface area contributed by atoms with E-state index in [1.54, 1.807) is 0 Å². The maximum atomic E-state index is 2.20. The Bertz CT molecular complexity index is 68.9. The van der Waals surface area contributed by atoms with Gasteiger partial charge in [0.25, 0.3) is 0 Å². The summed E-state index contributed by atoms with van der Waals surface area (Å²) in [5.74, 6) is 0. The Labute approximate surface area is 59.5 Å². The summed E-state index contributed by atoms with van der Waals surface area (Å²) < 4.78 is 0. The first-order valence-corrected chi connectivity index (χ1v) is 5.16. The molecule has 0 saturated heterocycles. The molecule has 0 aromatic heterocycles. The molecule has 0 amide bonds. The molecule has 0 aliphatic carbocycles. The summed E-state index contributed by atoms with van der Waals surface area (Å²) in [4.78, 5) is 0. The lowest BCUT2D eigenvalue weighted by Gasteiger charge is -1.88. The van der Waals surface area contributed by atoms with Gasteiger partial charge in [0.05, 0.1) is 0 Å². The fourth-order valence-electron chi connectivity index (χ4n) is 0.294. The molecule has 0 fully saturated rings. The van der Waals surface area contributed by atoms with Gasteiger partial charge in [-0.25, -0.2) is 0 Å². The zero-order chi connectivity index (χ0) is 6.41. The molecule has 8 heavy (non-hydrogen) atoms. The Hall–Kier alpha value is 0.440. The summed E-state index contributed by atoms with van der Waals surface area (Å²) in [5, 5.41) is 2.88. The smallest absolute Gasteiger partial charge is 0.0314 e. The van der Waals surface area contributed by atoms with Gasteiger partial charge in [-0.15, -0.1) is 0 Å². The van der Waals surface area contributed by atoms with Crippen molar-refractivity contribution in [3.05, 3.63) is 11.5 Å². The lowest BCUT2D eigenvalue weighted by atomic mass is 10.5. The van der Waals surface area contributed by atoms with Crippen molar-refractivity contribution in [1.82, 2.24) is 0 Å². The van der Waals surface area contributed by atoms with Crippen LogP contribution in [0.5, 0.6) is 0 Å². The molecule has 0 aromatic rings. The van der Waals surface area contributed by atoms with Crippen LogP contribution in [-0.4, -0.2) is 5.25 Å². The Morgan fingerprint density at radius 2 is 2.00 bits per heavy atom. The fraction of sp³-hybridized carbons (Fsp3) is 0.667. The molecule has 1 aliphatic rings. The third-order valence-corrected chi connectivity index (χ3v) is 3.03. The molecule has 0 N–H and O–H groups in total. The van der Waals surface area contributed by atoms with Gasteiger partial charge in [0.1, 0.15) is 0 Å². The van der Waals surface area contributed by atoms with Crippen molar-refractivity contribution in [2.24, 2.45) is 0 Å². The summed E-state index contributed by atoms with van der Waals surface area (Å²) in [6.45, 7) is 6.20. The van der Waals surface area contributed by atoms with Crippen LogP contribution in [0.15, 0.2) is 11.5 Å². The molecule has 2 heteroatoms. The molecule has 0 nitrogen and oxygen atoms in total. The van der Waals surface area contributed by atoms with Gasteiger partial charge in [-0.3, -0.25) is 0 Å². The van der Waals surface area contributed by atoms with Crippen LogP contribution in [0.2, 0.25) is 0 Å². The molecule has 0 spiro atoms. The van der Waals surface area contributed by atoms with Gasteiger partial charge in [-0.1, -0.05) is 41.5 Å². The lowest BCUT2D eigenvalue weighted by molar-refractivity contribution is 1.27. The van der Waals surface area contributed by atoms with Crippen LogP contribution in [-0.2, 0) is 0 Å². The van der Waals surface area contributed by atoms with Crippen LogP contribution in [0.4, 0.5) is 0 Å². The maximum absolute atomic E-state index is 2.20. The normalized spacial score (nSPS) is 24.6. The minimum atomic E-state index is 0.745. The van der Waals surface area contributed by atoms with E-state index in [0.717, 1.165) is 5.25 Å². The van der Waals surface area contributed by atoms with Gasteiger partial charge in [0.15, 0.2) is 0 Å². The van der Waals surface area contributed by atoms with Crippen LogP contribution in [0.25, 0.3) is 0 Å². The van der Waals surface area contributed by atoms with Gasteiger partial charge >= 0.3 is 0 Å². The molecule has 0 bridgehead atoms. The highest BCUT2D eigenvalue weighted by molar-refractivity contribution is 8.78. The molecular weight excluding hydrogens is 136 g/mol. The quantitative estimate of drug-likeness (QED) is 0.483. The van der Waals surface area contributed by atoms with Gasteiger partial charge in [0, 0.05) is 5.25 Å². The molecule has 1 atom stereocenters. The molecule has 1 heterocycles. The second-order valence-electron chi connectivity index (χ2n) is 1.23. The van der Waals surface area contributed by atoms with Gasteiger partial charge in [0.2, 0.25) is 0 Å². The van der Waals surface area contributed by atoms with Crippen LogP contribution in [0.3, 0.4) is 0 Å². The van der Waals surface area contributed by atoms with Crippen molar-refractivity contribution in [3.63, 3.8) is 0 Å². The standard InChI is InChI=1S/C4H6S2.C2H6/c1-4-2-3-5-6-4;1-2/h2-4H,1H3;1-2H3. The number of hydrogen-bond donors (Lipinski definition) is 0. The summed E-state index contributed by atoms with van der Waals surface area (Å²) >= 11 is 0. The van der Waals surface area contributed by atoms with Crippen molar-refractivity contribution in [2.75, 3.05) is 0 Å². The Balaban J connectivity index is 0.000000222. The summed E-state index contributed by atoms with van der Waals surface area (Å²) in [6, 6.07) is 0. The van der Waals surface area contributed by atoms with Gasteiger partial charge < -0.3 is 0 Å². The second kappa shape index (κ2) is 5.57. The first kappa shape index (κ1) is 8.44. The monoisotopic (exact) mass is 148 g/mol. The van der Waals surface area contributed by atoms with E-state index in [1.165, 1.54) is 0 Å². The molecule has 1 rings (SSSR count). The number of hydrogen-bond acceptors (Lipinski definition) is 2. The van der Waals surface area contributed by atoms with Crippen molar-refractivity contribution in [3.8, 4) is 0 Å². The van der Waals surface area contributed by atoms with Crippen LogP contribution in [0, 0.1) is 0 Å². The van der Waals surface area contributed by atoms with Crippen LogP contribution >= 0.6 is 21.6 Å². The molecule has 1 unspecified atom stereocenters. The van der Waals surface area contributed by atoms with Crippen molar-refractivity contribution >= 4 is 21.6 Å².